The molecular formula is C65H86N2O8. The van der Waals surface area contributed by atoms with Gasteiger partial charge < -0.3 is 31.2 Å². The summed E-state index contributed by atoms with van der Waals surface area (Å²) in [6.45, 7) is 4.48. The maximum absolute atomic E-state index is 14.3. The van der Waals surface area contributed by atoms with E-state index in [2.05, 4.69) is 13.8 Å². The van der Waals surface area contributed by atoms with Crippen molar-refractivity contribution in [3.05, 3.63) is 131 Å². The van der Waals surface area contributed by atoms with E-state index in [1.54, 1.807) is 109 Å². The highest BCUT2D eigenvalue weighted by molar-refractivity contribution is 6.01. The number of rotatable bonds is 30. The van der Waals surface area contributed by atoms with Crippen LogP contribution in [0.3, 0.4) is 0 Å². The fourth-order valence-corrected chi connectivity index (χ4v) is 11.2. The Kier molecular flexibility index (Phi) is 23.9. The van der Waals surface area contributed by atoms with E-state index in [4.69, 9.17) is 20.9 Å². The van der Waals surface area contributed by atoms with Crippen molar-refractivity contribution >= 4 is 47.0 Å². The van der Waals surface area contributed by atoms with E-state index in [1.807, 2.05) is 0 Å². The lowest BCUT2D eigenvalue weighted by Crippen LogP contribution is -2.54. The fraction of sp³-hybridized carbons (Fsp3) is 0.508. The highest BCUT2D eigenvalue weighted by atomic mass is 16.5. The van der Waals surface area contributed by atoms with Gasteiger partial charge in [0.15, 0.2) is 11.6 Å². The lowest BCUT2D eigenvalue weighted by Gasteiger charge is -2.40. The zero-order valence-corrected chi connectivity index (χ0v) is 45.0. The number of hydrogen-bond donors (Lipinski definition) is 4. The zero-order valence-electron chi connectivity index (χ0n) is 45.0. The molecule has 0 aromatic heterocycles. The molecule has 2 fully saturated rings. The first-order chi connectivity index (χ1) is 36.3. The van der Waals surface area contributed by atoms with Gasteiger partial charge in [-0.2, -0.15) is 0 Å². The van der Waals surface area contributed by atoms with Crippen molar-refractivity contribution in [1.82, 2.24) is 0 Å². The van der Waals surface area contributed by atoms with E-state index in [1.165, 1.54) is 102 Å². The number of esters is 2. The van der Waals surface area contributed by atoms with Gasteiger partial charge in [-0.05, 0) is 159 Å². The summed E-state index contributed by atoms with van der Waals surface area (Å²) in [5.74, 6) is 0.0976. The van der Waals surface area contributed by atoms with Crippen LogP contribution in [0, 0.1) is 29.1 Å². The van der Waals surface area contributed by atoms with Gasteiger partial charge in [-0.25, -0.2) is 0 Å². The van der Waals surface area contributed by atoms with Crippen LogP contribution in [-0.4, -0.2) is 45.9 Å². The fourth-order valence-electron chi connectivity index (χ4n) is 11.2. The number of nitrogens with two attached hydrogens (primary N) is 2. The lowest BCUT2D eigenvalue weighted by molar-refractivity contribution is -0.146. The predicted molar refractivity (Wildman–Crippen MR) is 303 cm³/mol. The number of ketones is 2. The molecule has 10 heteroatoms. The van der Waals surface area contributed by atoms with Crippen LogP contribution < -0.4 is 20.9 Å². The third-order valence-electron chi connectivity index (χ3n) is 16.0. The molecule has 0 amide bonds. The maximum Gasteiger partial charge on any atom is 0.314 e. The van der Waals surface area contributed by atoms with Crippen LogP contribution in [0.5, 0.6) is 11.5 Å². The smallest absolute Gasteiger partial charge is 0.314 e. The zero-order chi connectivity index (χ0) is 53.4. The van der Waals surface area contributed by atoms with Gasteiger partial charge in [-0.1, -0.05) is 164 Å². The Balaban J connectivity index is 1.09. The molecule has 0 radical (unpaired) electrons. The third kappa shape index (κ3) is 18.7. The number of aliphatic hydroxyl groups excluding tert-OH is 2. The summed E-state index contributed by atoms with van der Waals surface area (Å²) >= 11 is 0. The van der Waals surface area contributed by atoms with Crippen molar-refractivity contribution in [1.29, 1.82) is 0 Å². The highest BCUT2D eigenvalue weighted by Gasteiger charge is 2.49. The van der Waals surface area contributed by atoms with Crippen molar-refractivity contribution in [3.8, 4) is 11.5 Å². The molecule has 0 heterocycles. The summed E-state index contributed by atoms with van der Waals surface area (Å²) in [5.41, 5.74) is 13.9. The Labute approximate surface area is 447 Å². The Morgan fingerprint density at radius 3 is 1.17 bits per heavy atom. The van der Waals surface area contributed by atoms with Crippen LogP contribution in [0.2, 0.25) is 0 Å². The van der Waals surface area contributed by atoms with E-state index in [0.29, 0.717) is 57.0 Å². The number of anilines is 2. The minimum absolute atomic E-state index is 0.0686. The number of carbonyl (C=O) groups excluding carboxylic acids is 4. The number of carbonyl (C=O) groups is 4. The first-order valence-corrected chi connectivity index (χ1v) is 28.5. The quantitative estimate of drug-likeness (QED) is 0.0129. The first-order valence-electron chi connectivity index (χ1n) is 28.5. The molecule has 6 rings (SSSR count). The second kappa shape index (κ2) is 30.6. The van der Waals surface area contributed by atoms with Crippen LogP contribution in [0.15, 0.2) is 109 Å². The molecule has 0 saturated heterocycles. The van der Waals surface area contributed by atoms with E-state index >= 15 is 0 Å². The molecule has 0 aliphatic heterocycles. The Morgan fingerprint density at radius 1 is 0.493 bits per heavy atom. The number of ether oxygens (including phenoxy) is 2. The summed E-state index contributed by atoms with van der Waals surface area (Å²) in [6, 6.07) is 27.4. The molecule has 404 valence electrons. The van der Waals surface area contributed by atoms with Gasteiger partial charge in [0.25, 0.3) is 0 Å². The molecule has 75 heavy (non-hydrogen) atoms. The van der Waals surface area contributed by atoms with Gasteiger partial charge in [0.2, 0.25) is 0 Å². The Hall–Kier alpha value is -5.84. The maximum atomic E-state index is 14.3. The standard InChI is InChI=1S/C65H86N2O8/c1-3-5-7-9-11-13-15-47-17-31-53(32-18-47)63(72)74-57-39-25-49(26-40-57)29-43-59(68)61(70)65(45-51-21-35-55(66)36-22-51,46-52-23-37-56(67)38-24-52)62(71)60(69)44-30-50-27-41-58(42-28-50)75-64(73)54-33-19-48(20-34-54)16-14-12-10-8-6-4-2/h21-30,35-44,47-48,53-54,61-62,70-71H,3-20,31-34,45-46,66-67H2,1-2H3/b43-29+,44-30+. The first kappa shape index (κ1) is 58.4. The predicted octanol–water partition coefficient (Wildman–Crippen LogP) is 13.8. The molecule has 2 atom stereocenters. The summed E-state index contributed by atoms with van der Waals surface area (Å²) in [5, 5.41) is 24.6. The van der Waals surface area contributed by atoms with Gasteiger partial charge in [-0.15, -0.1) is 0 Å². The molecule has 0 spiro atoms. The van der Waals surface area contributed by atoms with Crippen LogP contribution in [-0.2, 0) is 32.0 Å². The summed E-state index contributed by atoms with van der Waals surface area (Å²) in [4.78, 5) is 54.9. The third-order valence-corrected chi connectivity index (χ3v) is 16.0. The number of aliphatic hydroxyl groups is 2. The molecule has 2 aliphatic rings. The number of benzene rings is 4. The summed E-state index contributed by atoms with van der Waals surface area (Å²) < 4.78 is 11.6. The van der Waals surface area contributed by atoms with E-state index < -0.39 is 29.2 Å². The molecule has 0 bridgehead atoms. The summed E-state index contributed by atoms with van der Waals surface area (Å²) in [6.07, 6.45) is 27.3. The second-order valence-corrected chi connectivity index (χ2v) is 21.9. The van der Waals surface area contributed by atoms with Gasteiger partial charge in [0, 0.05) is 16.8 Å². The normalized spacial score (nSPS) is 18.9. The molecule has 10 nitrogen and oxygen atoms in total. The van der Waals surface area contributed by atoms with Crippen molar-refractivity contribution < 1.29 is 38.9 Å². The number of nitrogen functional groups attached to an aromatic ring is 2. The van der Waals surface area contributed by atoms with Crippen LogP contribution in [0.1, 0.15) is 177 Å². The minimum atomic E-state index is -1.86. The Bertz CT molecular complexity index is 2240. The van der Waals surface area contributed by atoms with Crippen molar-refractivity contribution in [2.45, 2.75) is 180 Å². The van der Waals surface area contributed by atoms with Crippen LogP contribution in [0.25, 0.3) is 12.2 Å². The van der Waals surface area contributed by atoms with Crippen LogP contribution in [0.4, 0.5) is 11.4 Å². The molecule has 2 unspecified atom stereocenters. The highest BCUT2D eigenvalue weighted by Crippen LogP contribution is 2.39. The molecule has 2 saturated carbocycles. The van der Waals surface area contributed by atoms with E-state index in [-0.39, 0.29) is 36.6 Å². The van der Waals surface area contributed by atoms with Gasteiger partial charge in [0.1, 0.15) is 23.7 Å². The monoisotopic (exact) mass is 1020 g/mol. The van der Waals surface area contributed by atoms with Crippen LogP contribution >= 0.6 is 0 Å². The molecule has 4 aromatic rings. The van der Waals surface area contributed by atoms with Gasteiger partial charge in [-0.3, -0.25) is 19.2 Å². The van der Waals surface area contributed by atoms with Gasteiger partial charge >= 0.3 is 11.9 Å². The number of unbranched alkanes of at least 4 members (excludes halogenated alkanes) is 10. The van der Waals surface area contributed by atoms with Crippen molar-refractivity contribution in [2.75, 3.05) is 11.5 Å². The minimum Gasteiger partial charge on any atom is -0.426 e. The lowest BCUT2D eigenvalue weighted by atomic mass is 9.66. The second-order valence-electron chi connectivity index (χ2n) is 21.9. The average molecular weight is 1020 g/mol. The SMILES string of the molecule is CCCCCCCCC1CCC(C(=O)Oc2ccc(/C=C/C(=O)C(O)C(Cc3ccc(N)cc3)(Cc3ccc(N)cc3)C(O)C(=O)/C=C/c3ccc(OC(=O)C4CCC(CCCCCCCC)CC4)cc3)cc2)CC1. The topological polar surface area (TPSA) is 179 Å². The molecule has 2 aliphatic carbocycles. The Morgan fingerprint density at radius 2 is 0.827 bits per heavy atom. The van der Waals surface area contributed by atoms with Gasteiger partial charge in [0.05, 0.1) is 11.8 Å². The molecular weight excluding hydrogens is 937 g/mol. The molecule has 4 aromatic carbocycles. The largest absolute Gasteiger partial charge is 0.426 e. The molecule has 6 N–H and O–H groups in total. The van der Waals surface area contributed by atoms with Crippen molar-refractivity contribution in [2.24, 2.45) is 29.1 Å². The van der Waals surface area contributed by atoms with E-state index in [9.17, 15) is 29.4 Å². The van der Waals surface area contributed by atoms with E-state index in [0.717, 1.165) is 51.4 Å². The van der Waals surface area contributed by atoms with Crippen molar-refractivity contribution in [3.63, 3.8) is 0 Å². The summed E-state index contributed by atoms with van der Waals surface area (Å²) in [7, 11) is 0. The average Bonchev–Trinajstić information content (AvgIpc) is 3.43. The number of hydrogen-bond acceptors (Lipinski definition) is 10.